The van der Waals surface area contributed by atoms with E-state index in [-0.39, 0.29) is 23.2 Å². The molecule has 0 spiro atoms. The zero-order chi connectivity index (χ0) is 19.5. The Morgan fingerprint density at radius 1 is 1.21 bits per heavy atom. The van der Waals surface area contributed by atoms with E-state index in [0.717, 1.165) is 24.2 Å². The van der Waals surface area contributed by atoms with Crippen LogP contribution in [-0.2, 0) is 0 Å². The Morgan fingerprint density at radius 2 is 2.00 bits per heavy atom. The molecule has 1 aliphatic rings. The summed E-state index contributed by atoms with van der Waals surface area (Å²) in [5.74, 6) is 1.00. The van der Waals surface area contributed by atoms with E-state index in [1.807, 2.05) is 37.3 Å². The largest absolute Gasteiger partial charge is 0.493 e. The number of aromatic amines is 1. The Morgan fingerprint density at radius 3 is 2.86 bits per heavy atom. The number of carbonyl (C=O) groups excluding carboxylic acids is 1. The molecule has 1 atom stereocenters. The SMILES string of the molecule is Cc1ccccc1OCC1CCCN(C(=O)c2nc3ccccc3c(=O)[nH]2)C1. The fraction of sp³-hybridized carbons (Fsp3) is 0.318. The predicted octanol–water partition coefficient (Wildman–Crippen LogP) is 3.16. The summed E-state index contributed by atoms with van der Waals surface area (Å²) in [7, 11) is 0. The van der Waals surface area contributed by atoms with Crippen LogP contribution in [0.5, 0.6) is 5.75 Å². The molecule has 0 saturated carbocycles. The number of carbonyl (C=O) groups is 1. The van der Waals surface area contributed by atoms with Crippen LogP contribution in [0.15, 0.2) is 53.3 Å². The number of ether oxygens (including phenoxy) is 1. The maximum absolute atomic E-state index is 12.9. The maximum atomic E-state index is 12.9. The molecule has 4 rings (SSSR count). The van der Waals surface area contributed by atoms with Crippen LogP contribution >= 0.6 is 0 Å². The highest BCUT2D eigenvalue weighted by atomic mass is 16.5. The standard InChI is InChI=1S/C22H23N3O3/c1-15-7-2-5-11-19(15)28-14-16-8-6-12-25(13-16)22(27)20-23-18-10-4-3-9-17(18)21(26)24-20/h2-5,7,9-11,16H,6,8,12-14H2,1H3,(H,23,24,26). The van der Waals surface area contributed by atoms with Crippen molar-refractivity contribution in [3.05, 3.63) is 70.3 Å². The molecule has 144 valence electrons. The minimum atomic E-state index is -0.287. The van der Waals surface area contributed by atoms with Crippen LogP contribution in [0.4, 0.5) is 0 Å². The highest BCUT2D eigenvalue weighted by molar-refractivity contribution is 5.92. The zero-order valence-electron chi connectivity index (χ0n) is 15.9. The number of nitrogens with one attached hydrogen (secondary N) is 1. The number of hydrogen-bond donors (Lipinski definition) is 1. The van der Waals surface area contributed by atoms with Gasteiger partial charge in [0.05, 0.1) is 17.5 Å². The van der Waals surface area contributed by atoms with E-state index in [1.165, 1.54) is 0 Å². The molecule has 1 fully saturated rings. The molecule has 1 saturated heterocycles. The molecule has 28 heavy (non-hydrogen) atoms. The number of fused-ring (bicyclic) bond motifs is 1. The number of aromatic nitrogens is 2. The third-order valence-electron chi connectivity index (χ3n) is 5.19. The molecular formula is C22H23N3O3. The van der Waals surface area contributed by atoms with E-state index in [0.29, 0.717) is 30.6 Å². The third-order valence-corrected chi connectivity index (χ3v) is 5.19. The van der Waals surface area contributed by atoms with E-state index >= 15 is 0 Å². The van der Waals surface area contributed by atoms with E-state index in [9.17, 15) is 9.59 Å². The van der Waals surface area contributed by atoms with Gasteiger partial charge in [0.2, 0.25) is 0 Å². The number of piperidine rings is 1. The summed E-state index contributed by atoms with van der Waals surface area (Å²) in [4.78, 5) is 33.9. The van der Waals surface area contributed by atoms with Crippen LogP contribution < -0.4 is 10.3 Å². The highest BCUT2D eigenvalue weighted by Crippen LogP contribution is 2.22. The van der Waals surface area contributed by atoms with E-state index in [1.54, 1.807) is 23.1 Å². The van der Waals surface area contributed by atoms with Crippen molar-refractivity contribution in [3.63, 3.8) is 0 Å². The van der Waals surface area contributed by atoms with Gasteiger partial charge < -0.3 is 14.6 Å². The first kappa shape index (κ1) is 18.2. The molecule has 2 heterocycles. The smallest absolute Gasteiger partial charge is 0.289 e. The molecule has 1 aromatic heterocycles. The Hall–Kier alpha value is -3.15. The van der Waals surface area contributed by atoms with Gasteiger partial charge in [-0.15, -0.1) is 0 Å². The van der Waals surface area contributed by atoms with Crippen molar-refractivity contribution in [1.82, 2.24) is 14.9 Å². The second-order valence-corrected chi connectivity index (χ2v) is 7.27. The number of H-pyrrole nitrogens is 1. The molecular weight excluding hydrogens is 354 g/mol. The molecule has 6 nitrogen and oxygen atoms in total. The Bertz CT molecular complexity index is 1060. The second-order valence-electron chi connectivity index (χ2n) is 7.27. The van der Waals surface area contributed by atoms with Crippen molar-refractivity contribution in [2.24, 2.45) is 5.92 Å². The van der Waals surface area contributed by atoms with Gasteiger partial charge in [-0.1, -0.05) is 30.3 Å². The number of hydrogen-bond acceptors (Lipinski definition) is 4. The van der Waals surface area contributed by atoms with Crippen LogP contribution in [-0.4, -0.2) is 40.5 Å². The lowest BCUT2D eigenvalue weighted by Crippen LogP contribution is -2.42. The van der Waals surface area contributed by atoms with Gasteiger partial charge in [-0.05, 0) is 43.5 Å². The number of para-hydroxylation sites is 2. The summed E-state index contributed by atoms with van der Waals surface area (Å²) < 4.78 is 5.98. The predicted molar refractivity (Wildman–Crippen MR) is 108 cm³/mol. The summed E-state index contributed by atoms with van der Waals surface area (Å²) in [6, 6.07) is 15.0. The van der Waals surface area contributed by atoms with Crippen molar-refractivity contribution in [2.45, 2.75) is 19.8 Å². The average molecular weight is 377 g/mol. The first-order valence-corrected chi connectivity index (χ1v) is 9.58. The highest BCUT2D eigenvalue weighted by Gasteiger charge is 2.26. The summed E-state index contributed by atoms with van der Waals surface area (Å²) in [5, 5.41) is 0.488. The van der Waals surface area contributed by atoms with Crippen molar-refractivity contribution >= 4 is 16.8 Å². The molecule has 1 unspecified atom stereocenters. The van der Waals surface area contributed by atoms with E-state index in [4.69, 9.17) is 4.74 Å². The van der Waals surface area contributed by atoms with Crippen molar-refractivity contribution in [3.8, 4) is 5.75 Å². The normalized spacial score (nSPS) is 16.9. The summed E-state index contributed by atoms with van der Waals surface area (Å²) in [5.41, 5.74) is 1.35. The zero-order valence-corrected chi connectivity index (χ0v) is 15.9. The molecule has 0 radical (unpaired) electrons. The minimum Gasteiger partial charge on any atom is -0.493 e. The lowest BCUT2D eigenvalue weighted by Gasteiger charge is -2.32. The number of aryl methyl sites for hydroxylation is 1. The molecule has 0 aliphatic carbocycles. The van der Waals surface area contributed by atoms with Gasteiger partial charge in [0.25, 0.3) is 11.5 Å². The number of benzene rings is 2. The van der Waals surface area contributed by atoms with Gasteiger partial charge in [-0.3, -0.25) is 9.59 Å². The number of amides is 1. The first-order valence-electron chi connectivity index (χ1n) is 9.58. The first-order chi connectivity index (χ1) is 13.6. The van der Waals surface area contributed by atoms with E-state index in [2.05, 4.69) is 9.97 Å². The molecule has 1 amide bonds. The lowest BCUT2D eigenvalue weighted by atomic mass is 9.99. The topological polar surface area (TPSA) is 75.3 Å². The second kappa shape index (κ2) is 7.84. The molecule has 1 aliphatic heterocycles. The van der Waals surface area contributed by atoms with Crippen LogP contribution in [0.3, 0.4) is 0 Å². The van der Waals surface area contributed by atoms with Crippen LogP contribution in [0.1, 0.15) is 29.0 Å². The lowest BCUT2D eigenvalue weighted by molar-refractivity contribution is 0.0621. The van der Waals surface area contributed by atoms with Gasteiger partial charge in [0.15, 0.2) is 5.82 Å². The number of nitrogens with zero attached hydrogens (tertiary/aromatic N) is 2. The van der Waals surface area contributed by atoms with E-state index < -0.39 is 0 Å². The Balaban J connectivity index is 1.46. The third kappa shape index (κ3) is 3.76. The monoisotopic (exact) mass is 377 g/mol. The van der Waals surface area contributed by atoms with Crippen molar-refractivity contribution < 1.29 is 9.53 Å². The summed E-state index contributed by atoms with van der Waals surface area (Å²) in [6.45, 7) is 3.85. The number of rotatable bonds is 4. The van der Waals surface area contributed by atoms with Gasteiger partial charge in [-0.2, -0.15) is 0 Å². The molecule has 3 aromatic rings. The fourth-order valence-corrected chi connectivity index (χ4v) is 3.65. The molecule has 6 heteroatoms. The maximum Gasteiger partial charge on any atom is 0.289 e. The van der Waals surface area contributed by atoms with Gasteiger partial charge in [0.1, 0.15) is 5.75 Å². The van der Waals surface area contributed by atoms with Gasteiger partial charge >= 0.3 is 0 Å². The minimum absolute atomic E-state index is 0.101. The number of likely N-dealkylation sites (tertiary alicyclic amines) is 1. The average Bonchev–Trinajstić information content (AvgIpc) is 2.73. The molecule has 0 bridgehead atoms. The molecule has 1 N–H and O–H groups in total. The molecule has 2 aromatic carbocycles. The van der Waals surface area contributed by atoms with Gasteiger partial charge in [0, 0.05) is 19.0 Å². The quantitative estimate of drug-likeness (QED) is 0.758. The Labute approximate surface area is 163 Å². The van der Waals surface area contributed by atoms with Crippen LogP contribution in [0.25, 0.3) is 10.9 Å². The van der Waals surface area contributed by atoms with Crippen LogP contribution in [0.2, 0.25) is 0 Å². The summed E-state index contributed by atoms with van der Waals surface area (Å²) in [6.07, 6.45) is 1.92. The fourth-order valence-electron chi connectivity index (χ4n) is 3.65. The Kier molecular flexibility index (Phi) is 5.10. The van der Waals surface area contributed by atoms with Crippen molar-refractivity contribution in [1.29, 1.82) is 0 Å². The summed E-state index contributed by atoms with van der Waals surface area (Å²) >= 11 is 0. The van der Waals surface area contributed by atoms with Crippen molar-refractivity contribution in [2.75, 3.05) is 19.7 Å². The van der Waals surface area contributed by atoms with Gasteiger partial charge in [-0.25, -0.2) is 4.98 Å². The van der Waals surface area contributed by atoms with Crippen LogP contribution in [0, 0.1) is 12.8 Å².